The molecular weight excluding hydrogens is 316 g/mol. The zero-order valence-electron chi connectivity index (χ0n) is 15.3. The molecule has 0 aliphatic heterocycles. The van der Waals surface area contributed by atoms with Crippen LogP contribution in [0.5, 0.6) is 0 Å². The smallest absolute Gasteiger partial charge is 0.317 e. The summed E-state index contributed by atoms with van der Waals surface area (Å²) in [6.07, 6.45) is 0.996. The van der Waals surface area contributed by atoms with Crippen molar-refractivity contribution in [3.8, 4) is 0 Å². The Labute approximate surface area is 149 Å². The number of rotatable bonds is 6. The summed E-state index contributed by atoms with van der Waals surface area (Å²) in [6.45, 7) is 11.4. The number of benzene rings is 1. The number of nitrogens with zero attached hydrogens (tertiary/aromatic N) is 1. The minimum absolute atomic E-state index is 0.0280. The first-order valence-electron chi connectivity index (χ1n) is 8.56. The molecule has 0 fully saturated rings. The number of thiophene rings is 1. The molecule has 0 spiro atoms. The molecule has 0 bridgehead atoms. The predicted molar refractivity (Wildman–Crippen MR) is 104 cm³/mol. The lowest BCUT2D eigenvalue weighted by molar-refractivity contribution is 0.190. The van der Waals surface area contributed by atoms with Crippen LogP contribution in [0.2, 0.25) is 0 Å². The molecule has 0 radical (unpaired) electrons. The van der Waals surface area contributed by atoms with Crippen molar-refractivity contribution in [3.05, 3.63) is 51.7 Å². The maximum Gasteiger partial charge on any atom is 0.322 e. The van der Waals surface area contributed by atoms with Crippen LogP contribution in [0, 0.1) is 19.8 Å². The van der Waals surface area contributed by atoms with E-state index < -0.39 is 0 Å². The van der Waals surface area contributed by atoms with Gasteiger partial charge >= 0.3 is 6.03 Å². The van der Waals surface area contributed by atoms with E-state index in [2.05, 4.69) is 51.4 Å². The number of carbonyl (C=O) groups excluding carboxylic acids is 1. The summed E-state index contributed by atoms with van der Waals surface area (Å²) in [5.41, 5.74) is 3.28. The molecule has 0 saturated heterocycles. The lowest BCUT2D eigenvalue weighted by atomic mass is 10.1. The third-order valence-electron chi connectivity index (χ3n) is 4.39. The molecule has 0 saturated carbocycles. The van der Waals surface area contributed by atoms with E-state index in [1.54, 1.807) is 11.3 Å². The van der Waals surface area contributed by atoms with Gasteiger partial charge in [-0.25, -0.2) is 4.79 Å². The van der Waals surface area contributed by atoms with Crippen LogP contribution in [0.1, 0.15) is 49.2 Å². The number of aryl methyl sites for hydroxylation is 2. The molecule has 2 amide bonds. The van der Waals surface area contributed by atoms with Crippen LogP contribution in [-0.2, 0) is 0 Å². The van der Waals surface area contributed by atoms with Crippen LogP contribution in [0.4, 0.5) is 10.5 Å². The highest BCUT2D eigenvalue weighted by Gasteiger charge is 2.22. The topological polar surface area (TPSA) is 32.3 Å². The largest absolute Gasteiger partial charge is 0.322 e. The molecule has 1 unspecified atom stereocenters. The number of amides is 2. The predicted octanol–water partition coefficient (Wildman–Crippen LogP) is 6.01. The lowest BCUT2D eigenvalue weighted by Gasteiger charge is -2.29. The standard InChI is InChI=1S/C20H28N2OS/c1-14(2)10-11-22(17(5)19-7-6-12-24-19)20(23)21-18-9-8-15(3)16(4)13-18/h6-9,12-14,17H,10-11H2,1-5H3,(H,21,23). The third-order valence-corrected chi connectivity index (χ3v) is 5.43. The molecule has 24 heavy (non-hydrogen) atoms. The average Bonchev–Trinajstić information content (AvgIpc) is 3.05. The first-order chi connectivity index (χ1) is 11.4. The lowest BCUT2D eigenvalue weighted by Crippen LogP contribution is -2.38. The highest BCUT2D eigenvalue weighted by Crippen LogP contribution is 2.26. The fourth-order valence-corrected chi connectivity index (χ4v) is 3.36. The van der Waals surface area contributed by atoms with Gasteiger partial charge in [0.1, 0.15) is 0 Å². The molecule has 1 atom stereocenters. The Morgan fingerprint density at radius 1 is 1.17 bits per heavy atom. The zero-order valence-corrected chi connectivity index (χ0v) is 16.1. The summed E-state index contributed by atoms with van der Waals surface area (Å²) in [4.78, 5) is 16.0. The maximum absolute atomic E-state index is 12.9. The van der Waals surface area contributed by atoms with Gasteiger partial charge in [0.25, 0.3) is 0 Å². The Kier molecular flexibility index (Phi) is 6.44. The molecule has 130 valence electrons. The highest BCUT2D eigenvalue weighted by atomic mass is 32.1. The van der Waals surface area contributed by atoms with Crippen molar-refractivity contribution in [2.24, 2.45) is 5.92 Å². The van der Waals surface area contributed by atoms with Gasteiger partial charge in [-0.1, -0.05) is 26.0 Å². The first kappa shape index (κ1) is 18.5. The van der Waals surface area contributed by atoms with Crippen molar-refractivity contribution in [1.82, 2.24) is 4.90 Å². The molecule has 0 aliphatic carbocycles. The molecule has 1 aromatic carbocycles. The van der Waals surface area contributed by atoms with E-state index in [9.17, 15) is 4.79 Å². The van der Waals surface area contributed by atoms with E-state index in [4.69, 9.17) is 0 Å². The Morgan fingerprint density at radius 3 is 2.50 bits per heavy atom. The van der Waals surface area contributed by atoms with E-state index in [1.807, 2.05) is 29.2 Å². The summed E-state index contributed by atoms with van der Waals surface area (Å²) in [5, 5.41) is 5.13. The second kappa shape index (κ2) is 8.34. The number of anilines is 1. The third kappa shape index (κ3) is 4.84. The number of hydrogen-bond acceptors (Lipinski definition) is 2. The number of carbonyl (C=O) groups is 1. The molecule has 0 aliphatic rings. The maximum atomic E-state index is 12.9. The molecule has 3 nitrogen and oxygen atoms in total. The molecule has 1 aromatic heterocycles. The first-order valence-corrected chi connectivity index (χ1v) is 9.44. The molecule has 1 N–H and O–H groups in total. The Bertz CT molecular complexity index is 664. The van der Waals surface area contributed by atoms with E-state index >= 15 is 0 Å². The minimum Gasteiger partial charge on any atom is -0.317 e. The summed E-state index contributed by atoms with van der Waals surface area (Å²) in [5.74, 6) is 0.567. The summed E-state index contributed by atoms with van der Waals surface area (Å²) in [6, 6.07) is 10.2. The summed E-state index contributed by atoms with van der Waals surface area (Å²) in [7, 11) is 0. The average molecular weight is 345 g/mol. The van der Waals surface area contributed by atoms with Gasteiger partial charge < -0.3 is 10.2 Å². The Hall–Kier alpha value is -1.81. The number of urea groups is 1. The SMILES string of the molecule is Cc1ccc(NC(=O)N(CCC(C)C)C(C)c2cccs2)cc1C. The van der Waals surface area contributed by atoms with Gasteiger partial charge in [-0.3, -0.25) is 0 Å². The summed E-state index contributed by atoms with van der Waals surface area (Å²) >= 11 is 1.70. The fourth-order valence-electron chi connectivity index (χ4n) is 2.57. The van der Waals surface area contributed by atoms with Gasteiger partial charge in [0, 0.05) is 17.1 Å². The quantitative estimate of drug-likeness (QED) is 0.684. The fraction of sp³-hybridized carbons (Fsp3) is 0.450. The van der Waals surface area contributed by atoms with Crippen LogP contribution in [0.25, 0.3) is 0 Å². The van der Waals surface area contributed by atoms with Crippen LogP contribution >= 0.6 is 11.3 Å². The molecule has 4 heteroatoms. The number of nitrogens with one attached hydrogen (secondary N) is 1. The molecule has 2 aromatic rings. The van der Waals surface area contributed by atoms with Gasteiger partial charge in [-0.15, -0.1) is 11.3 Å². The van der Waals surface area contributed by atoms with Gasteiger partial charge in [-0.05, 0) is 67.8 Å². The minimum atomic E-state index is -0.0280. The summed E-state index contributed by atoms with van der Waals surface area (Å²) < 4.78 is 0. The second-order valence-electron chi connectivity index (χ2n) is 6.80. The molecule has 2 rings (SSSR count). The van der Waals surface area contributed by atoms with Crippen molar-refractivity contribution >= 4 is 23.1 Å². The van der Waals surface area contributed by atoms with Crippen molar-refractivity contribution in [3.63, 3.8) is 0 Å². The van der Waals surface area contributed by atoms with Crippen molar-refractivity contribution < 1.29 is 4.79 Å². The van der Waals surface area contributed by atoms with Crippen LogP contribution in [0.3, 0.4) is 0 Å². The van der Waals surface area contributed by atoms with Crippen LogP contribution < -0.4 is 5.32 Å². The van der Waals surface area contributed by atoms with Crippen LogP contribution in [0.15, 0.2) is 35.7 Å². The second-order valence-corrected chi connectivity index (χ2v) is 7.78. The zero-order chi connectivity index (χ0) is 17.7. The van der Waals surface area contributed by atoms with E-state index in [1.165, 1.54) is 16.0 Å². The van der Waals surface area contributed by atoms with Crippen molar-refractivity contribution in [2.75, 3.05) is 11.9 Å². The van der Waals surface area contributed by atoms with Gasteiger partial charge in [0.2, 0.25) is 0 Å². The van der Waals surface area contributed by atoms with Gasteiger partial charge in [-0.2, -0.15) is 0 Å². The van der Waals surface area contributed by atoms with E-state index in [0.717, 1.165) is 18.7 Å². The van der Waals surface area contributed by atoms with Crippen molar-refractivity contribution in [2.45, 2.75) is 47.1 Å². The van der Waals surface area contributed by atoms with Crippen LogP contribution in [-0.4, -0.2) is 17.5 Å². The van der Waals surface area contributed by atoms with Gasteiger partial charge in [0.05, 0.1) is 6.04 Å². The Balaban J connectivity index is 2.15. The number of hydrogen-bond donors (Lipinski definition) is 1. The van der Waals surface area contributed by atoms with E-state index in [-0.39, 0.29) is 12.1 Å². The molecule has 1 heterocycles. The molecular formula is C20H28N2OS. The van der Waals surface area contributed by atoms with Gasteiger partial charge in [0.15, 0.2) is 0 Å². The van der Waals surface area contributed by atoms with Crippen molar-refractivity contribution in [1.29, 1.82) is 0 Å². The normalized spacial score (nSPS) is 12.2. The Morgan fingerprint density at radius 2 is 1.92 bits per heavy atom. The van der Waals surface area contributed by atoms with E-state index in [0.29, 0.717) is 5.92 Å². The monoisotopic (exact) mass is 344 g/mol. The highest BCUT2D eigenvalue weighted by molar-refractivity contribution is 7.10.